The lowest BCUT2D eigenvalue weighted by Crippen LogP contribution is -2.41. The number of carbonyl (C=O) groups excluding carboxylic acids is 1. The molecule has 0 bridgehead atoms. The Labute approximate surface area is 121 Å². The molecular weight excluding hydrogens is 280 g/mol. The van der Waals surface area contributed by atoms with Crippen LogP contribution in [-0.2, 0) is 0 Å². The van der Waals surface area contributed by atoms with Crippen molar-refractivity contribution in [3.63, 3.8) is 0 Å². The fourth-order valence-corrected chi connectivity index (χ4v) is 2.20. The van der Waals surface area contributed by atoms with E-state index in [1.54, 1.807) is 18.4 Å². The summed E-state index contributed by atoms with van der Waals surface area (Å²) in [5.74, 6) is -0.349. The summed E-state index contributed by atoms with van der Waals surface area (Å²) < 4.78 is 0. The lowest BCUT2D eigenvalue weighted by atomic mass is 10.0. The minimum atomic E-state index is -0.505. The summed E-state index contributed by atoms with van der Waals surface area (Å²) >= 11 is 1.25. The second-order valence-electron chi connectivity index (χ2n) is 4.65. The van der Waals surface area contributed by atoms with E-state index in [2.05, 4.69) is 5.32 Å². The molecule has 1 aromatic carbocycles. The molecule has 0 aliphatic rings. The zero-order chi connectivity index (χ0) is 15.3. The van der Waals surface area contributed by atoms with Gasteiger partial charge in [-0.3, -0.25) is 14.9 Å². The molecule has 1 atom stereocenters. The summed E-state index contributed by atoms with van der Waals surface area (Å²) in [5, 5.41) is 22.8. The number of carbonyl (C=O) groups is 1. The highest BCUT2D eigenvalue weighted by molar-refractivity contribution is 7.98. The van der Waals surface area contributed by atoms with Gasteiger partial charge in [0.25, 0.3) is 11.6 Å². The number of thioether (sulfide) groups is 1. The van der Waals surface area contributed by atoms with Crippen LogP contribution in [0, 0.1) is 16.0 Å². The summed E-state index contributed by atoms with van der Waals surface area (Å²) in [5.41, 5.74) is 0.129. The number of nitro benzene ring substituents is 1. The Morgan fingerprint density at radius 1 is 1.50 bits per heavy atom. The van der Waals surface area contributed by atoms with Gasteiger partial charge in [0.1, 0.15) is 0 Å². The van der Waals surface area contributed by atoms with Crippen molar-refractivity contribution < 1.29 is 14.8 Å². The molecule has 0 radical (unpaired) electrons. The predicted molar refractivity (Wildman–Crippen MR) is 78.1 cm³/mol. The monoisotopic (exact) mass is 298 g/mol. The average Bonchev–Trinajstić information content (AvgIpc) is 2.43. The number of nitrogens with one attached hydrogen (secondary N) is 1. The lowest BCUT2D eigenvalue weighted by molar-refractivity contribution is -0.387. The van der Waals surface area contributed by atoms with Crippen molar-refractivity contribution in [2.75, 3.05) is 12.9 Å². The molecule has 1 aromatic rings. The Balaban J connectivity index is 2.99. The number of hydrogen-bond donors (Lipinski definition) is 2. The first-order chi connectivity index (χ1) is 9.40. The second-order valence-corrected chi connectivity index (χ2v) is 5.50. The van der Waals surface area contributed by atoms with E-state index in [-0.39, 0.29) is 29.8 Å². The molecule has 0 fully saturated rings. The van der Waals surface area contributed by atoms with Gasteiger partial charge in [-0.25, -0.2) is 0 Å². The van der Waals surface area contributed by atoms with Crippen molar-refractivity contribution in [1.29, 1.82) is 0 Å². The minimum absolute atomic E-state index is 0.0735. The minimum Gasteiger partial charge on any atom is -0.394 e. The summed E-state index contributed by atoms with van der Waals surface area (Å²) in [6.07, 6.45) is 1.74. The van der Waals surface area contributed by atoms with Crippen molar-refractivity contribution in [2.24, 2.45) is 5.92 Å². The maximum absolute atomic E-state index is 12.0. The Hall–Kier alpha value is -1.60. The third-order valence-electron chi connectivity index (χ3n) is 2.96. The smallest absolute Gasteiger partial charge is 0.283 e. The molecular formula is C13H18N2O4S. The summed E-state index contributed by atoms with van der Waals surface area (Å²) in [7, 11) is 0. The van der Waals surface area contributed by atoms with Crippen LogP contribution < -0.4 is 5.32 Å². The first-order valence-corrected chi connectivity index (χ1v) is 7.37. The molecule has 0 spiro atoms. The summed E-state index contributed by atoms with van der Waals surface area (Å²) in [4.78, 5) is 23.0. The molecule has 7 heteroatoms. The van der Waals surface area contributed by atoms with Crippen LogP contribution in [0.5, 0.6) is 0 Å². The van der Waals surface area contributed by atoms with E-state index in [0.717, 1.165) is 0 Å². The van der Waals surface area contributed by atoms with Crippen LogP contribution in [0.25, 0.3) is 0 Å². The van der Waals surface area contributed by atoms with E-state index in [1.165, 1.54) is 17.8 Å². The van der Waals surface area contributed by atoms with E-state index in [0.29, 0.717) is 4.90 Å². The summed E-state index contributed by atoms with van der Waals surface area (Å²) in [6, 6.07) is 3.99. The maximum atomic E-state index is 12.0. The Bertz CT molecular complexity index is 505. The van der Waals surface area contributed by atoms with Crippen molar-refractivity contribution in [3.8, 4) is 0 Å². The molecule has 0 aliphatic carbocycles. The second kappa shape index (κ2) is 7.25. The van der Waals surface area contributed by atoms with Crippen molar-refractivity contribution in [1.82, 2.24) is 5.32 Å². The van der Waals surface area contributed by atoms with Gasteiger partial charge in [0.15, 0.2) is 0 Å². The first kappa shape index (κ1) is 16.5. The number of rotatable bonds is 6. The molecule has 1 rings (SSSR count). The average molecular weight is 298 g/mol. The molecule has 1 unspecified atom stereocenters. The van der Waals surface area contributed by atoms with Gasteiger partial charge in [0, 0.05) is 11.6 Å². The first-order valence-electron chi connectivity index (χ1n) is 6.14. The number of nitrogens with zero attached hydrogens (tertiary/aromatic N) is 1. The molecule has 0 saturated heterocycles. The fraction of sp³-hybridized carbons (Fsp3) is 0.462. The molecule has 0 aliphatic heterocycles. The van der Waals surface area contributed by atoms with Crippen molar-refractivity contribution in [2.45, 2.75) is 24.8 Å². The predicted octanol–water partition coefficient (Wildman–Crippen LogP) is 2.06. The maximum Gasteiger partial charge on any atom is 0.283 e. The number of amides is 1. The van der Waals surface area contributed by atoms with E-state index in [4.69, 9.17) is 0 Å². The van der Waals surface area contributed by atoms with Crippen LogP contribution in [0.1, 0.15) is 24.2 Å². The Kier molecular flexibility index (Phi) is 5.97. The Morgan fingerprint density at radius 2 is 2.15 bits per heavy atom. The van der Waals surface area contributed by atoms with Gasteiger partial charge in [-0.05, 0) is 24.3 Å². The van der Waals surface area contributed by atoms with Gasteiger partial charge in [-0.1, -0.05) is 13.8 Å². The zero-order valence-electron chi connectivity index (χ0n) is 11.6. The van der Waals surface area contributed by atoms with E-state index < -0.39 is 10.8 Å². The number of aliphatic hydroxyl groups is 1. The topological polar surface area (TPSA) is 92.5 Å². The van der Waals surface area contributed by atoms with Crippen LogP contribution in [-0.4, -0.2) is 34.8 Å². The summed E-state index contributed by atoms with van der Waals surface area (Å²) in [6.45, 7) is 3.58. The van der Waals surface area contributed by atoms with Gasteiger partial charge in [-0.15, -0.1) is 11.8 Å². The van der Waals surface area contributed by atoms with Crippen molar-refractivity contribution >= 4 is 23.4 Å². The molecule has 20 heavy (non-hydrogen) atoms. The number of hydrogen-bond acceptors (Lipinski definition) is 5. The van der Waals surface area contributed by atoms with Gasteiger partial charge in [-0.2, -0.15) is 0 Å². The third-order valence-corrected chi connectivity index (χ3v) is 3.74. The van der Waals surface area contributed by atoms with Gasteiger partial charge >= 0.3 is 0 Å². The van der Waals surface area contributed by atoms with Crippen LogP contribution in [0.3, 0.4) is 0 Å². The normalized spacial score (nSPS) is 12.2. The number of nitro groups is 1. The van der Waals surface area contributed by atoms with Gasteiger partial charge < -0.3 is 10.4 Å². The van der Waals surface area contributed by atoms with Crippen molar-refractivity contribution in [3.05, 3.63) is 33.9 Å². The van der Waals surface area contributed by atoms with E-state index in [1.807, 2.05) is 13.8 Å². The SMILES string of the molecule is CSc1ccc(C(=O)NC(CO)C(C)C)cc1[N+](=O)[O-]. The highest BCUT2D eigenvalue weighted by Crippen LogP contribution is 2.28. The van der Waals surface area contributed by atoms with E-state index in [9.17, 15) is 20.0 Å². The molecule has 0 saturated carbocycles. The third kappa shape index (κ3) is 3.94. The number of aliphatic hydroxyl groups excluding tert-OH is 1. The quantitative estimate of drug-likeness (QED) is 0.476. The largest absolute Gasteiger partial charge is 0.394 e. The molecule has 0 aromatic heterocycles. The van der Waals surface area contributed by atoms with E-state index >= 15 is 0 Å². The fourth-order valence-electron chi connectivity index (χ4n) is 1.65. The van der Waals surface area contributed by atoms with Crippen LogP contribution in [0.2, 0.25) is 0 Å². The zero-order valence-corrected chi connectivity index (χ0v) is 12.4. The van der Waals surface area contributed by atoms with Gasteiger partial charge in [0.2, 0.25) is 0 Å². The molecule has 1 amide bonds. The van der Waals surface area contributed by atoms with Crippen LogP contribution in [0.15, 0.2) is 23.1 Å². The highest BCUT2D eigenvalue weighted by atomic mass is 32.2. The van der Waals surface area contributed by atoms with Crippen LogP contribution >= 0.6 is 11.8 Å². The standard InChI is InChI=1S/C13H18N2O4S/c1-8(2)10(7-16)14-13(17)9-4-5-12(20-3)11(6-9)15(18)19/h4-6,8,10,16H,7H2,1-3H3,(H,14,17). The highest BCUT2D eigenvalue weighted by Gasteiger charge is 2.20. The molecule has 2 N–H and O–H groups in total. The van der Waals surface area contributed by atoms with Gasteiger partial charge in [0.05, 0.1) is 22.5 Å². The Morgan fingerprint density at radius 3 is 2.60 bits per heavy atom. The molecule has 110 valence electrons. The van der Waals surface area contributed by atoms with Crippen LogP contribution in [0.4, 0.5) is 5.69 Å². The lowest BCUT2D eigenvalue weighted by Gasteiger charge is -2.19. The molecule has 0 heterocycles. The number of benzene rings is 1. The molecule has 6 nitrogen and oxygen atoms in total.